The smallest absolute Gasteiger partial charge is 0.0120 e. The highest BCUT2D eigenvalue weighted by Gasteiger charge is 2.26. The fraction of sp³-hybridized carbons (Fsp3) is 1.00. The highest BCUT2D eigenvalue weighted by Crippen LogP contribution is 2.22. The van der Waals surface area contributed by atoms with Crippen LogP contribution in [0.1, 0.15) is 32.6 Å². The van der Waals surface area contributed by atoms with Gasteiger partial charge in [-0.05, 0) is 58.3 Å². The zero-order valence-electron chi connectivity index (χ0n) is 9.71. The van der Waals surface area contributed by atoms with Crippen LogP contribution in [0.15, 0.2) is 0 Å². The van der Waals surface area contributed by atoms with Gasteiger partial charge in [-0.1, -0.05) is 6.92 Å². The molecule has 14 heavy (non-hydrogen) atoms. The normalized spacial score (nSPS) is 33.4. The summed E-state index contributed by atoms with van der Waals surface area (Å²) in [7, 11) is 2.25. The van der Waals surface area contributed by atoms with E-state index in [4.69, 9.17) is 0 Å². The molecule has 2 aliphatic rings. The second-order valence-electron chi connectivity index (χ2n) is 5.28. The monoisotopic (exact) mass is 196 g/mol. The molecule has 82 valence electrons. The van der Waals surface area contributed by atoms with Gasteiger partial charge in [0, 0.05) is 12.6 Å². The topological polar surface area (TPSA) is 6.48 Å². The molecule has 0 amide bonds. The van der Waals surface area contributed by atoms with Crippen molar-refractivity contribution in [3.63, 3.8) is 0 Å². The van der Waals surface area contributed by atoms with Crippen LogP contribution >= 0.6 is 0 Å². The molecule has 2 fully saturated rings. The zero-order valence-corrected chi connectivity index (χ0v) is 9.71. The molecule has 0 N–H and O–H groups in total. The fourth-order valence-corrected chi connectivity index (χ4v) is 2.92. The van der Waals surface area contributed by atoms with E-state index in [9.17, 15) is 0 Å². The molecule has 2 nitrogen and oxygen atoms in total. The lowest BCUT2D eigenvalue weighted by molar-refractivity contribution is 0.0830. The van der Waals surface area contributed by atoms with Crippen molar-refractivity contribution in [2.45, 2.75) is 38.6 Å². The zero-order chi connectivity index (χ0) is 9.97. The van der Waals surface area contributed by atoms with Crippen molar-refractivity contribution in [1.29, 1.82) is 0 Å². The minimum Gasteiger partial charge on any atom is -0.306 e. The van der Waals surface area contributed by atoms with Gasteiger partial charge in [0.1, 0.15) is 0 Å². The summed E-state index contributed by atoms with van der Waals surface area (Å²) in [5.74, 6) is 0.934. The Balaban J connectivity index is 1.82. The molecule has 0 aromatic rings. The third kappa shape index (κ3) is 2.48. The van der Waals surface area contributed by atoms with Crippen LogP contribution in [0.5, 0.6) is 0 Å². The van der Waals surface area contributed by atoms with Crippen molar-refractivity contribution in [3.05, 3.63) is 0 Å². The fourth-order valence-electron chi connectivity index (χ4n) is 2.92. The Morgan fingerprint density at radius 3 is 2.36 bits per heavy atom. The van der Waals surface area contributed by atoms with E-state index in [1.807, 2.05) is 0 Å². The van der Waals surface area contributed by atoms with Gasteiger partial charge in [-0.15, -0.1) is 0 Å². The summed E-state index contributed by atoms with van der Waals surface area (Å²) in [4.78, 5) is 5.21. The summed E-state index contributed by atoms with van der Waals surface area (Å²) in [5, 5.41) is 0. The first-order chi connectivity index (χ1) is 6.75. The summed E-state index contributed by atoms with van der Waals surface area (Å²) >= 11 is 0. The molecule has 0 spiro atoms. The van der Waals surface area contributed by atoms with Crippen LogP contribution < -0.4 is 0 Å². The van der Waals surface area contributed by atoms with E-state index in [1.165, 1.54) is 51.9 Å². The van der Waals surface area contributed by atoms with E-state index in [-0.39, 0.29) is 0 Å². The van der Waals surface area contributed by atoms with Gasteiger partial charge in [0.25, 0.3) is 0 Å². The molecule has 2 heteroatoms. The van der Waals surface area contributed by atoms with Crippen LogP contribution in [-0.2, 0) is 0 Å². The van der Waals surface area contributed by atoms with Crippen LogP contribution in [0.25, 0.3) is 0 Å². The second kappa shape index (κ2) is 4.63. The Kier molecular flexibility index (Phi) is 3.45. The van der Waals surface area contributed by atoms with Crippen molar-refractivity contribution >= 4 is 0 Å². The van der Waals surface area contributed by atoms with E-state index in [0.717, 1.165) is 12.0 Å². The maximum absolute atomic E-state index is 2.75. The molecule has 0 unspecified atom stereocenters. The van der Waals surface area contributed by atoms with E-state index < -0.39 is 0 Å². The maximum Gasteiger partial charge on any atom is 0.0120 e. The summed E-state index contributed by atoms with van der Waals surface area (Å²) in [6, 6.07) is 0.897. The molecule has 0 aromatic heterocycles. The lowest BCUT2D eigenvalue weighted by Gasteiger charge is -2.41. The van der Waals surface area contributed by atoms with E-state index in [0.29, 0.717) is 0 Å². The van der Waals surface area contributed by atoms with Gasteiger partial charge in [0.15, 0.2) is 0 Å². The largest absolute Gasteiger partial charge is 0.306 e. The maximum atomic E-state index is 2.75. The van der Waals surface area contributed by atoms with Gasteiger partial charge in [-0.25, -0.2) is 0 Å². The number of nitrogens with zero attached hydrogens (tertiary/aromatic N) is 2. The third-order valence-electron chi connectivity index (χ3n) is 3.89. The van der Waals surface area contributed by atoms with E-state index in [1.54, 1.807) is 0 Å². The Morgan fingerprint density at radius 2 is 1.71 bits per heavy atom. The first kappa shape index (κ1) is 10.4. The van der Waals surface area contributed by atoms with E-state index >= 15 is 0 Å². The number of hydrogen-bond donors (Lipinski definition) is 0. The highest BCUT2D eigenvalue weighted by atomic mass is 15.2. The molecule has 0 saturated carbocycles. The third-order valence-corrected chi connectivity index (χ3v) is 3.89. The van der Waals surface area contributed by atoms with Gasteiger partial charge in [0.05, 0.1) is 0 Å². The Hall–Kier alpha value is -0.0800. The van der Waals surface area contributed by atoms with Gasteiger partial charge in [0.2, 0.25) is 0 Å². The molecule has 2 heterocycles. The number of hydrogen-bond acceptors (Lipinski definition) is 2. The first-order valence-electron chi connectivity index (χ1n) is 6.18. The standard InChI is InChI=1S/C12H24N2/c1-11-4-3-7-14(10-11)12-5-8-13(2)9-6-12/h11-12H,3-10H2,1-2H3/t11-/m0/s1. The Morgan fingerprint density at radius 1 is 1.00 bits per heavy atom. The lowest BCUT2D eigenvalue weighted by Crippen LogP contribution is -2.47. The van der Waals surface area contributed by atoms with Crippen molar-refractivity contribution in [1.82, 2.24) is 9.80 Å². The van der Waals surface area contributed by atoms with Crippen molar-refractivity contribution < 1.29 is 0 Å². The number of likely N-dealkylation sites (tertiary alicyclic amines) is 2. The molecule has 2 saturated heterocycles. The first-order valence-corrected chi connectivity index (χ1v) is 6.18. The van der Waals surface area contributed by atoms with Crippen LogP contribution in [0, 0.1) is 5.92 Å². The van der Waals surface area contributed by atoms with Crippen LogP contribution in [0.4, 0.5) is 0 Å². The van der Waals surface area contributed by atoms with Crippen LogP contribution in [0.3, 0.4) is 0 Å². The van der Waals surface area contributed by atoms with Gasteiger partial charge in [-0.3, -0.25) is 0 Å². The molecule has 0 aliphatic carbocycles. The average molecular weight is 196 g/mol. The summed E-state index contributed by atoms with van der Waals surface area (Å²) < 4.78 is 0. The summed E-state index contributed by atoms with van der Waals surface area (Å²) in [5.41, 5.74) is 0. The Labute approximate surface area is 88.3 Å². The van der Waals surface area contributed by atoms with Crippen molar-refractivity contribution in [3.8, 4) is 0 Å². The van der Waals surface area contributed by atoms with Crippen LogP contribution in [-0.4, -0.2) is 49.1 Å². The molecular formula is C12H24N2. The highest BCUT2D eigenvalue weighted by molar-refractivity contribution is 4.81. The second-order valence-corrected chi connectivity index (χ2v) is 5.28. The molecule has 2 rings (SSSR count). The van der Waals surface area contributed by atoms with Crippen molar-refractivity contribution in [2.24, 2.45) is 5.92 Å². The molecule has 2 aliphatic heterocycles. The summed E-state index contributed by atoms with van der Waals surface area (Å²) in [6.07, 6.45) is 5.66. The summed E-state index contributed by atoms with van der Waals surface area (Å²) in [6.45, 7) is 7.72. The lowest BCUT2D eigenvalue weighted by atomic mass is 9.95. The quantitative estimate of drug-likeness (QED) is 0.631. The predicted octanol–water partition coefficient (Wildman–Crippen LogP) is 1.81. The van der Waals surface area contributed by atoms with Gasteiger partial charge >= 0.3 is 0 Å². The van der Waals surface area contributed by atoms with Crippen molar-refractivity contribution in [2.75, 3.05) is 33.2 Å². The molecule has 0 bridgehead atoms. The Bertz CT molecular complexity index is 173. The van der Waals surface area contributed by atoms with E-state index in [2.05, 4.69) is 23.8 Å². The minimum absolute atomic E-state index is 0.897. The molecule has 0 radical (unpaired) electrons. The predicted molar refractivity (Wildman–Crippen MR) is 60.5 cm³/mol. The molecule has 0 aromatic carbocycles. The molecule has 1 atom stereocenters. The van der Waals surface area contributed by atoms with Crippen LogP contribution in [0.2, 0.25) is 0 Å². The average Bonchev–Trinajstić information content (AvgIpc) is 2.19. The molecular weight excluding hydrogens is 172 g/mol. The minimum atomic E-state index is 0.897. The van der Waals surface area contributed by atoms with Gasteiger partial charge < -0.3 is 9.80 Å². The van der Waals surface area contributed by atoms with Gasteiger partial charge in [-0.2, -0.15) is 0 Å². The number of rotatable bonds is 1. The number of piperidine rings is 2. The SMILES string of the molecule is C[C@H]1CCCN(C2CCN(C)CC2)C1.